The molecule has 2 rings (SSSR count). The van der Waals surface area contributed by atoms with E-state index in [0.717, 1.165) is 30.2 Å². The second-order valence-electron chi connectivity index (χ2n) is 5.08. The fourth-order valence-corrected chi connectivity index (χ4v) is 2.13. The summed E-state index contributed by atoms with van der Waals surface area (Å²) in [7, 11) is 3.39. The molecule has 0 atom stereocenters. The summed E-state index contributed by atoms with van der Waals surface area (Å²) in [6, 6.07) is 14.4. The molecule has 6 heteroatoms. The van der Waals surface area contributed by atoms with Crippen molar-refractivity contribution in [2.75, 3.05) is 20.7 Å². The van der Waals surface area contributed by atoms with E-state index in [1.165, 1.54) is 17.7 Å². The van der Waals surface area contributed by atoms with Gasteiger partial charge in [-0.2, -0.15) is 0 Å². The Hall–Kier alpha value is -1.83. The van der Waals surface area contributed by atoms with Crippen molar-refractivity contribution in [3.05, 3.63) is 65.5 Å². The zero-order valence-corrected chi connectivity index (χ0v) is 16.2. The number of halogens is 2. The molecule has 0 aromatic heterocycles. The minimum Gasteiger partial charge on any atom is -0.497 e. The molecule has 0 aliphatic heterocycles. The van der Waals surface area contributed by atoms with Crippen molar-refractivity contribution < 1.29 is 9.13 Å². The second kappa shape index (κ2) is 10.9. The first-order valence-corrected chi connectivity index (χ1v) is 7.53. The molecule has 130 valence electrons. The zero-order chi connectivity index (χ0) is 16.5. The maximum absolute atomic E-state index is 12.9. The number of hydrogen-bond donors (Lipinski definition) is 2. The van der Waals surface area contributed by atoms with Gasteiger partial charge in [0.1, 0.15) is 11.6 Å². The second-order valence-corrected chi connectivity index (χ2v) is 5.08. The number of ether oxygens (including phenoxy) is 1. The molecule has 0 saturated carbocycles. The van der Waals surface area contributed by atoms with Crippen molar-refractivity contribution in [3.8, 4) is 5.75 Å². The number of rotatable bonds is 6. The van der Waals surface area contributed by atoms with Crippen LogP contribution in [0.5, 0.6) is 5.75 Å². The topological polar surface area (TPSA) is 45.7 Å². The molecule has 0 amide bonds. The number of methoxy groups -OCH3 is 1. The number of guanidine groups is 1. The van der Waals surface area contributed by atoms with Crippen molar-refractivity contribution in [2.45, 2.75) is 13.0 Å². The van der Waals surface area contributed by atoms with E-state index in [4.69, 9.17) is 4.74 Å². The highest BCUT2D eigenvalue weighted by atomic mass is 127. The highest BCUT2D eigenvalue weighted by Crippen LogP contribution is 2.11. The molecule has 0 aliphatic carbocycles. The predicted molar refractivity (Wildman–Crippen MR) is 107 cm³/mol. The lowest BCUT2D eigenvalue weighted by molar-refractivity contribution is 0.414. The van der Waals surface area contributed by atoms with E-state index in [1.54, 1.807) is 26.3 Å². The predicted octanol–water partition coefficient (Wildman–Crippen LogP) is 3.36. The molecule has 0 fully saturated rings. The van der Waals surface area contributed by atoms with Crippen LogP contribution >= 0.6 is 24.0 Å². The molecular weight excluding hydrogens is 420 g/mol. The number of aliphatic imine (C=N–C) groups is 1. The Morgan fingerprint density at radius 1 is 1.00 bits per heavy atom. The van der Waals surface area contributed by atoms with Gasteiger partial charge < -0.3 is 15.4 Å². The summed E-state index contributed by atoms with van der Waals surface area (Å²) in [5.41, 5.74) is 2.23. The minimum atomic E-state index is -0.226. The Bertz CT molecular complexity index is 630. The van der Waals surface area contributed by atoms with Gasteiger partial charge in [-0.05, 0) is 41.8 Å². The van der Waals surface area contributed by atoms with Crippen LogP contribution in [0.4, 0.5) is 4.39 Å². The van der Waals surface area contributed by atoms with Crippen LogP contribution in [0.15, 0.2) is 53.5 Å². The van der Waals surface area contributed by atoms with E-state index in [9.17, 15) is 4.39 Å². The Morgan fingerprint density at radius 2 is 1.62 bits per heavy atom. The lowest BCUT2D eigenvalue weighted by Gasteiger charge is -2.12. The van der Waals surface area contributed by atoms with Crippen LogP contribution in [0, 0.1) is 5.82 Å². The maximum Gasteiger partial charge on any atom is 0.191 e. The summed E-state index contributed by atoms with van der Waals surface area (Å²) in [6.45, 7) is 1.37. The lowest BCUT2D eigenvalue weighted by Crippen LogP contribution is -2.37. The molecule has 2 N–H and O–H groups in total. The average Bonchev–Trinajstić information content (AvgIpc) is 2.60. The summed E-state index contributed by atoms with van der Waals surface area (Å²) in [6.07, 6.45) is 0.890. The van der Waals surface area contributed by atoms with Crippen LogP contribution in [-0.2, 0) is 13.0 Å². The first kappa shape index (κ1) is 20.2. The molecule has 4 nitrogen and oxygen atoms in total. The Kier molecular flexibility index (Phi) is 9.14. The van der Waals surface area contributed by atoms with Crippen LogP contribution < -0.4 is 15.4 Å². The van der Waals surface area contributed by atoms with Gasteiger partial charge in [-0.3, -0.25) is 4.99 Å². The number of hydrogen-bond acceptors (Lipinski definition) is 2. The molecule has 0 saturated heterocycles. The Morgan fingerprint density at radius 3 is 2.21 bits per heavy atom. The van der Waals surface area contributed by atoms with Gasteiger partial charge in [-0.15, -0.1) is 24.0 Å². The zero-order valence-electron chi connectivity index (χ0n) is 13.9. The standard InChI is InChI=1S/C18H22FN3O.HI/c1-20-18(22-13-15-3-7-16(19)8-4-15)21-12-11-14-5-9-17(23-2)10-6-14;/h3-10H,11-13H2,1-2H3,(H2,20,21,22);1H. The molecule has 0 bridgehead atoms. The van der Waals surface area contributed by atoms with Gasteiger partial charge in [0.25, 0.3) is 0 Å². The SMILES string of the molecule is CN=C(NCCc1ccc(OC)cc1)NCc1ccc(F)cc1.I. The van der Waals surface area contributed by atoms with E-state index in [0.29, 0.717) is 6.54 Å². The molecule has 0 aliphatic rings. The summed E-state index contributed by atoms with van der Waals surface area (Å²) < 4.78 is 18.0. The third-order valence-corrected chi connectivity index (χ3v) is 3.46. The van der Waals surface area contributed by atoms with E-state index < -0.39 is 0 Å². The van der Waals surface area contributed by atoms with Crippen molar-refractivity contribution in [1.29, 1.82) is 0 Å². The van der Waals surface area contributed by atoms with Crippen LogP contribution in [0.1, 0.15) is 11.1 Å². The Labute approximate surface area is 159 Å². The molecule has 0 spiro atoms. The molecule has 24 heavy (non-hydrogen) atoms. The first-order chi connectivity index (χ1) is 11.2. The van der Waals surface area contributed by atoms with Crippen LogP contribution in [0.25, 0.3) is 0 Å². The van der Waals surface area contributed by atoms with Crippen LogP contribution in [0.2, 0.25) is 0 Å². The molecule has 0 unspecified atom stereocenters. The monoisotopic (exact) mass is 443 g/mol. The third kappa shape index (κ3) is 6.74. The number of nitrogens with one attached hydrogen (secondary N) is 2. The van der Waals surface area contributed by atoms with Gasteiger partial charge in [-0.1, -0.05) is 24.3 Å². The van der Waals surface area contributed by atoms with Gasteiger partial charge in [0.05, 0.1) is 7.11 Å². The smallest absolute Gasteiger partial charge is 0.191 e. The summed E-state index contributed by atoms with van der Waals surface area (Å²) in [4.78, 5) is 4.18. The highest BCUT2D eigenvalue weighted by Gasteiger charge is 2.00. The summed E-state index contributed by atoms with van der Waals surface area (Å²) in [5.74, 6) is 1.36. The van der Waals surface area contributed by atoms with Crippen LogP contribution in [-0.4, -0.2) is 26.7 Å². The minimum absolute atomic E-state index is 0. The molecule has 2 aromatic rings. The van der Waals surface area contributed by atoms with Crippen molar-refractivity contribution >= 4 is 29.9 Å². The highest BCUT2D eigenvalue weighted by molar-refractivity contribution is 14.0. The van der Waals surface area contributed by atoms with Crippen molar-refractivity contribution in [3.63, 3.8) is 0 Å². The molecule has 0 heterocycles. The molecule has 2 aromatic carbocycles. The normalized spacial score (nSPS) is 10.7. The fraction of sp³-hybridized carbons (Fsp3) is 0.278. The first-order valence-electron chi connectivity index (χ1n) is 7.53. The number of benzene rings is 2. The van der Waals surface area contributed by atoms with E-state index in [1.807, 2.05) is 12.1 Å². The summed E-state index contributed by atoms with van der Waals surface area (Å²) >= 11 is 0. The van der Waals surface area contributed by atoms with Gasteiger partial charge in [0.2, 0.25) is 0 Å². The fourth-order valence-electron chi connectivity index (χ4n) is 2.13. The van der Waals surface area contributed by atoms with Crippen molar-refractivity contribution in [2.24, 2.45) is 4.99 Å². The molecule has 0 radical (unpaired) electrons. The molecular formula is C18H23FIN3O. The van der Waals surface area contributed by atoms with Gasteiger partial charge in [0, 0.05) is 20.1 Å². The van der Waals surface area contributed by atoms with Gasteiger partial charge in [0.15, 0.2) is 5.96 Å². The van der Waals surface area contributed by atoms with E-state index in [-0.39, 0.29) is 29.8 Å². The van der Waals surface area contributed by atoms with Gasteiger partial charge >= 0.3 is 0 Å². The van der Waals surface area contributed by atoms with Crippen molar-refractivity contribution in [1.82, 2.24) is 10.6 Å². The average molecular weight is 443 g/mol. The van der Waals surface area contributed by atoms with E-state index >= 15 is 0 Å². The van der Waals surface area contributed by atoms with E-state index in [2.05, 4.69) is 27.8 Å². The third-order valence-electron chi connectivity index (χ3n) is 3.46. The Balaban J connectivity index is 0.00000288. The largest absolute Gasteiger partial charge is 0.497 e. The maximum atomic E-state index is 12.9. The van der Waals surface area contributed by atoms with Gasteiger partial charge in [-0.25, -0.2) is 4.39 Å². The lowest BCUT2D eigenvalue weighted by atomic mass is 10.1. The summed E-state index contributed by atoms with van der Waals surface area (Å²) in [5, 5.41) is 6.47. The van der Waals surface area contributed by atoms with Crippen LogP contribution in [0.3, 0.4) is 0 Å². The quantitative estimate of drug-likeness (QED) is 0.409. The number of nitrogens with zero attached hydrogens (tertiary/aromatic N) is 1.